The van der Waals surface area contributed by atoms with E-state index in [1.165, 1.54) is 0 Å². The first-order valence-electron chi connectivity index (χ1n) is 13.8. The first-order valence-corrected chi connectivity index (χ1v) is 13.8. The van der Waals surface area contributed by atoms with E-state index in [1.807, 2.05) is 44.2 Å². The summed E-state index contributed by atoms with van der Waals surface area (Å²) < 4.78 is 7.27. The van der Waals surface area contributed by atoms with Gasteiger partial charge >= 0.3 is 0 Å². The summed E-state index contributed by atoms with van der Waals surface area (Å²) in [6.07, 6.45) is 1.74. The Morgan fingerprint density at radius 2 is 1.71 bits per heavy atom. The number of carbonyl (C=O) groups is 2. The SMILES string of the molecule is CCN1C(=O)C(C)(C)C(=O)N(C)c2cc(CN(CCn3ccc4oc(C)cc4c3=O)Cc3ccccc3O)ccc21. The summed E-state index contributed by atoms with van der Waals surface area (Å²) in [5.74, 6) is 0.415. The van der Waals surface area contributed by atoms with Crippen molar-refractivity contribution in [1.82, 2.24) is 9.47 Å². The van der Waals surface area contributed by atoms with E-state index in [4.69, 9.17) is 4.42 Å². The molecule has 214 valence electrons. The number of hydrogen-bond acceptors (Lipinski definition) is 6. The molecule has 5 rings (SSSR count). The molecule has 0 bridgehead atoms. The molecular formula is C32H36N4O5. The molecule has 4 aromatic rings. The normalized spacial score (nSPS) is 15.1. The van der Waals surface area contributed by atoms with Gasteiger partial charge in [0.15, 0.2) is 0 Å². The summed E-state index contributed by atoms with van der Waals surface area (Å²) in [6, 6.07) is 16.6. The van der Waals surface area contributed by atoms with E-state index >= 15 is 0 Å². The van der Waals surface area contributed by atoms with Gasteiger partial charge in [0.25, 0.3) is 5.56 Å². The minimum atomic E-state index is -1.18. The minimum Gasteiger partial charge on any atom is -0.508 e. The third-order valence-corrected chi connectivity index (χ3v) is 7.86. The largest absolute Gasteiger partial charge is 0.508 e. The number of aromatic nitrogens is 1. The number of amides is 2. The average molecular weight is 557 g/mol. The van der Waals surface area contributed by atoms with Gasteiger partial charge in [0.1, 0.15) is 22.5 Å². The van der Waals surface area contributed by atoms with E-state index in [0.717, 1.165) is 11.1 Å². The van der Waals surface area contributed by atoms with E-state index < -0.39 is 5.41 Å². The molecule has 2 aromatic carbocycles. The van der Waals surface area contributed by atoms with Crippen LogP contribution in [0.25, 0.3) is 11.0 Å². The number of nitrogens with zero attached hydrogens (tertiary/aromatic N) is 4. The van der Waals surface area contributed by atoms with E-state index in [1.54, 1.807) is 65.7 Å². The Bertz CT molecular complexity index is 1690. The maximum atomic E-state index is 13.3. The molecule has 2 amide bonds. The van der Waals surface area contributed by atoms with Gasteiger partial charge in [0, 0.05) is 51.5 Å². The number of aryl methyl sites for hydroxylation is 1. The number of carbonyl (C=O) groups excluding carboxylic acids is 2. The van der Waals surface area contributed by atoms with Crippen LogP contribution in [-0.2, 0) is 29.2 Å². The van der Waals surface area contributed by atoms with Crippen molar-refractivity contribution in [2.45, 2.75) is 47.3 Å². The summed E-state index contributed by atoms with van der Waals surface area (Å²) in [5, 5.41) is 11.0. The van der Waals surface area contributed by atoms with Crippen molar-refractivity contribution >= 4 is 34.2 Å². The molecule has 0 saturated heterocycles. The van der Waals surface area contributed by atoms with Crippen molar-refractivity contribution in [2.75, 3.05) is 29.9 Å². The Kier molecular flexibility index (Phi) is 7.48. The van der Waals surface area contributed by atoms with Crippen LogP contribution in [0.15, 0.2) is 70.0 Å². The minimum absolute atomic E-state index is 0.112. The lowest BCUT2D eigenvalue weighted by atomic mass is 9.90. The number of pyridine rings is 1. The molecule has 9 heteroatoms. The molecule has 0 aliphatic carbocycles. The fourth-order valence-electron chi connectivity index (χ4n) is 5.53. The zero-order chi connectivity index (χ0) is 29.5. The van der Waals surface area contributed by atoms with Gasteiger partial charge in [0.2, 0.25) is 11.8 Å². The first-order chi connectivity index (χ1) is 19.5. The molecule has 0 saturated carbocycles. The van der Waals surface area contributed by atoms with Crippen molar-refractivity contribution in [3.05, 3.63) is 88.0 Å². The predicted octanol–water partition coefficient (Wildman–Crippen LogP) is 4.67. The van der Waals surface area contributed by atoms with Crippen LogP contribution in [0.5, 0.6) is 5.75 Å². The van der Waals surface area contributed by atoms with Crippen molar-refractivity contribution in [1.29, 1.82) is 0 Å². The zero-order valence-corrected chi connectivity index (χ0v) is 24.2. The average Bonchev–Trinajstić information content (AvgIpc) is 3.33. The standard InChI is InChI=1S/C32H36N4O5/c1-6-36-25-12-11-22(18-26(25)33(5)30(39)32(3,4)31(36)40)19-34(20-23-9-7-8-10-27(23)37)15-16-35-14-13-28-24(29(35)38)17-21(2)41-28/h7-14,17-18,37H,6,15-16,19-20H2,1-5H3. The van der Waals surface area contributed by atoms with Gasteiger partial charge in [-0.05, 0) is 63.6 Å². The Balaban J connectivity index is 1.46. The van der Waals surface area contributed by atoms with Crippen LogP contribution >= 0.6 is 0 Å². The Morgan fingerprint density at radius 1 is 0.951 bits per heavy atom. The number of para-hydroxylation sites is 1. The van der Waals surface area contributed by atoms with Gasteiger partial charge in [-0.1, -0.05) is 24.3 Å². The highest BCUT2D eigenvalue weighted by atomic mass is 16.3. The number of phenols is 1. The second kappa shape index (κ2) is 10.9. The summed E-state index contributed by atoms with van der Waals surface area (Å²) in [6.45, 7) is 9.41. The van der Waals surface area contributed by atoms with Crippen LogP contribution < -0.4 is 15.4 Å². The molecule has 1 aliphatic rings. The highest BCUT2D eigenvalue weighted by Crippen LogP contribution is 2.39. The number of phenolic OH excluding ortho intramolecular Hbond substituents is 1. The molecule has 3 heterocycles. The second-order valence-corrected chi connectivity index (χ2v) is 11.2. The van der Waals surface area contributed by atoms with Crippen molar-refractivity contribution in [3.8, 4) is 5.75 Å². The Labute approximate surface area is 239 Å². The third kappa shape index (κ3) is 5.25. The summed E-state index contributed by atoms with van der Waals surface area (Å²) in [7, 11) is 1.71. The molecule has 1 aliphatic heterocycles. The molecule has 9 nitrogen and oxygen atoms in total. The molecule has 0 fully saturated rings. The molecule has 0 spiro atoms. The number of anilines is 2. The van der Waals surface area contributed by atoms with Gasteiger partial charge in [-0.2, -0.15) is 0 Å². The maximum Gasteiger partial charge on any atom is 0.261 e. The first kappa shape index (κ1) is 28.2. The Morgan fingerprint density at radius 3 is 2.44 bits per heavy atom. The maximum absolute atomic E-state index is 13.3. The molecule has 0 atom stereocenters. The summed E-state index contributed by atoms with van der Waals surface area (Å²) in [4.78, 5) is 45.0. The summed E-state index contributed by atoms with van der Waals surface area (Å²) in [5.41, 5.74) is 2.36. The lowest BCUT2D eigenvalue weighted by molar-refractivity contribution is -0.137. The lowest BCUT2D eigenvalue weighted by Crippen LogP contribution is -2.47. The number of hydrogen-bond donors (Lipinski definition) is 1. The van der Waals surface area contributed by atoms with E-state index in [0.29, 0.717) is 60.8 Å². The number of furan rings is 1. The third-order valence-electron chi connectivity index (χ3n) is 7.86. The Hall–Kier alpha value is -4.37. The van der Waals surface area contributed by atoms with E-state index in [-0.39, 0.29) is 23.1 Å². The number of benzene rings is 2. The van der Waals surface area contributed by atoms with Crippen LogP contribution in [0.4, 0.5) is 11.4 Å². The van der Waals surface area contributed by atoms with E-state index in [9.17, 15) is 19.5 Å². The lowest BCUT2D eigenvalue weighted by Gasteiger charge is -2.27. The highest BCUT2D eigenvalue weighted by molar-refractivity contribution is 6.19. The quantitative estimate of drug-likeness (QED) is 0.317. The van der Waals surface area contributed by atoms with Crippen LogP contribution in [0, 0.1) is 12.3 Å². The van der Waals surface area contributed by atoms with Gasteiger partial charge in [-0.25, -0.2) is 0 Å². The van der Waals surface area contributed by atoms with E-state index in [2.05, 4.69) is 4.90 Å². The topological polar surface area (TPSA) is 99.2 Å². The predicted molar refractivity (Wildman–Crippen MR) is 159 cm³/mol. The smallest absolute Gasteiger partial charge is 0.261 e. The van der Waals surface area contributed by atoms with Gasteiger partial charge in [-0.15, -0.1) is 0 Å². The highest BCUT2D eigenvalue weighted by Gasteiger charge is 2.45. The number of rotatable bonds is 8. The van der Waals surface area contributed by atoms with Gasteiger partial charge in [0.05, 0.1) is 16.8 Å². The molecular weight excluding hydrogens is 520 g/mol. The van der Waals surface area contributed by atoms with Crippen LogP contribution in [0.1, 0.15) is 37.7 Å². The van der Waals surface area contributed by atoms with Crippen molar-refractivity contribution in [2.24, 2.45) is 5.41 Å². The number of fused-ring (bicyclic) bond motifs is 2. The van der Waals surface area contributed by atoms with Crippen molar-refractivity contribution < 1.29 is 19.1 Å². The molecule has 1 N–H and O–H groups in total. The van der Waals surface area contributed by atoms with Crippen LogP contribution in [0.2, 0.25) is 0 Å². The molecule has 0 radical (unpaired) electrons. The fraction of sp³-hybridized carbons (Fsp3) is 0.344. The van der Waals surface area contributed by atoms with Crippen LogP contribution in [-0.4, -0.2) is 46.5 Å². The molecule has 0 unspecified atom stereocenters. The van der Waals surface area contributed by atoms with Crippen molar-refractivity contribution in [3.63, 3.8) is 0 Å². The summed E-state index contributed by atoms with van der Waals surface area (Å²) >= 11 is 0. The monoisotopic (exact) mass is 556 g/mol. The second-order valence-electron chi connectivity index (χ2n) is 11.2. The van der Waals surface area contributed by atoms with Gasteiger partial charge < -0.3 is 23.9 Å². The fourth-order valence-corrected chi connectivity index (χ4v) is 5.53. The van der Waals surface area contributed by atoms with Gasteiger partial charge in [-0.3, -0.25) is 19.3 Å². The van der Waals surface area contributed by atoms with Crippen LogP contribution in [0.3, 0.4) is 0 Å². The number of aromatic hydroxyl groups is 1. The molecule has 41 heavy (non-hydrogen) atoms. The molecule has 2 aromatic heterocycles. The zero-order valence-electron chi connectivity index (χ0n) is 24.2.